The second-order valence-electron chi connectivity index (χ2n) is 8.49. The molecule has 0 unspecified atom stereocenters. The average Bonchev–Trinajstić information content (AvgIpc) is 2.93. The van der Waals surface area contributed by atoms with Crippen LogP contribution in [0.3, 0.4) is 0 Å². The van der Waals surface area contributed by atoms with Crippen LogP contribution in [0, 0.1) is 10.5 Å². The molecular formula is C29H31IN4O6. The lowest BCUT2D eigenvalue weighted by Gasteiger charge is -2.14. The molecule has 40 heavy (non-hydrogen) atoms. The second kappa shape index (κ2) is 15.5. The first kappa shape index (κ1) is 30.4. The molecule has 3 aromatic rings. The molecule has 0 saturated heterocycles. The van der Waals surface area contributed by atoms with Gasteiger partial charge in [0.1, 0.15) is 5.75 Å². The molecule has 0 aliphatic heterocycles. The summed E-state index contributed by atoms with van der Waals surface area (Å²) in [6.07, 6.45) is 2.26. The van der Waals surface area contributed by atoms with Gasteiger partial charge in [0.2, 0.25) is 0 Å². The second-order valence-corrected chi connectivity index (χ2v) is 9.65. The third-order valence-electron chi connectivity index (χ3n) is 5.19. The zero-order valence-corrected chi connectivity index (χ0v) is 24.6. The van der Waals surface area contributed by atoms with Crippen molar-refractivity contribution in [3.8, 4) is 17.2 Å². The van der Waals surface area contributed by atoms with E-state index in [1.807, 2.05) is 45.0 Å². The SMILES string of the molecule is CCCOc1ccc(NC(=O)C(=O)N/N=C\c2cc(I)c(OCC(=O)Nc3ccc(C)cc3)c(OCC)c2)cc1. The fraction of sp³-hybridized carbons (Fsp3) is 0.241. The van der Waals surface area contributed by atoms with Gasteiger partial charge in [-0.1, -0.05) is 24.6 Å². The van der Waals surface area contributed by atoms with Crippen molar-refractivity contribution in [1.82, 2.24) is 5.43 Å². The number of rotatable bonds is 12. The third kappa shape index (κ3) is 9.56. The fourth-order valence-electron chi connectivity index (χ4n) is 3.30. The van der Waals surface area contributed by atoms with Crippen molar-refractivity contribution in [1.29, 1.82) is 0 Å². The third-order valence-corrected chi connectivity index (χ3v) is 5.99. The lowest BCUT2D eigenvalue weighted by atomic mass is 10.2. The van der Waals surface area contributed by atoms with Crippen molar-refractivity contribution in [3.63, 3.8) is 0 Å². The first-order valence-electron chi connectivity index (χ1n) is 12.6. The van der Waals surface area contributed by atoms with E-state index in [1.54, 1.807) is 36.4 Å². The zero-order chi connectivity index (χ0) is 28.9. The zero-order valence-electron chi connectivity index (χ0n) is 22.5. The van der Waals surface area contributed by atoms with Crippen molar-refractivity contribution in [2.24, 2.45) is 5.10 Å². The Labute approximate surface area is 246 Å². The maximum Gasteiger partial charge on any atom is 0.329 e. The van der Waals surface area contributed by atoms with Gasteiger partial charge in [-0.3, -0.25) is 14.4 Å². The molecule has 210 valence electrons. The molecule has 11 heteroatoms. The van der Waals surface area contributed by atoms with E-state index in [0.717, 1.165) is 12.0 Å². The summed E-state index contributed by atoms with van der Waals surface area (Å²) in [5, 5.41) is 9.18. The summed E-state index contributed by atoms with van der Waals surface area (Å²) in [6.45, 7) is 6.55. The number of carbonyl (C=O) groups excluding carboxylic acids is 3. The highest BCUT2D eigenvalue weighted by molar-refractivity contribution is 14.1. The minimum Gasteiger partial charge on any atom is -0.494 e. The molecule has 3 amide bonds. The van der Waals surface area contributed by atoms with E-state index in [-0.39, 0.29) is 12.5 Å². The molecule has 0 fully saturated rings. The molecule has 0 atom stereocenters. The van der Waals surface area contributed by atoms with Crippen LogP contribution in [0.5, 0.6) is 17.2 Å². The van der Waals surface area contributed by atoms with Crippen LogP contribution in [0.25, 0.3) is 0 Å². The smallest absolute Gasteiger partial charge is 0.329 e. The number of benzene rings is 3. The van der Waals surface area contributed by atoms with Gasteiger partial charge in [-0.05, 0) is 97.0 Å². The molecule has 0 aromatic heterocycles. The molecule has 3 aromatic carbocycles. The Morgan fingerprint density at radius 3 is 2.23 bits per heavy atom. The largest absolute Gasteiger partial charge is 0.494 e. The van der Waals surface area contributed by atoms with Crippen LogP contribution in [0.1, 0.15) is 31.4 Å². The number of hydrogen-bond acceptors (Lipinski definition) is 7. The Bertz CT molecular complexity index is 1340. The molecule has 0 bridgehead atoms. The number of halogens is 1. The molecule has 0 saturated carbocycles. The number of carbonyl (C=O) groups is 3. The lowest BCUT2D eigenvalue weighted by molar-refractivity contribution is -0.136. The lowest BCUT2D eigenvalue weighted by Crippen LogP contribution is -2.32. The fourth-order valence-corrected chi connectivity index (χ4v) is 4.08. The van der Waals surface area contributed by atoms with E-state index in [2.05, 4.69) is 43.8 Å². The maximum absolute atomic E-state index is 12.4. The Morgan fingerprint density at radius 2 is 1.55 bits per heavy atom. The van der Waals surface area contributed by atoms with E-state index in [4.69, 9.17) is 14.2 Å². The van der Waals surface area contributed by atoms with E-state index in [1.165, 1.54) is 6.21 Å². The van der Waals surface area contributed by atoms with Crippen LogP contribution in [0.15, 0.2) is 65.8 Å². The average molecular weight is 658 g/mol. The van der Waals surface area contributed by atoms with Crippen LogP contribution in [0.4, 0.5) is 11.4 Å². The first-order valence-corrected chi connectivity index (χ1v) is 13.7. The van der Waals surface area contributed by atoms with Crippen LogP contribution < -0.4 is 30.3 Å². The summed E-state index contributed by atoms with van der Waals surface area (Å²) in [6, 6.07) is 17.6. The van der Waals surface area contributed by atoms with Gasteiger partial charge in [-0.25, -0.2) is 5.43 Å². The highest BCUT2D eigenvalue weighted by atomic mass is 127. The normalized spacial score (nSPS) is 10.6. The minimum atomic E-state index is -0.929. The first-order chi connectivity index (χ1) is 19.3. The molecule has 0 aliphatic carbocycles. The monoisotopic (exact) mass is 658 g/mol. The molecule has 0 heterocycles. The summed E-state index contributed by atoms with van der Waals surface area (Å²) in [4.78, 5) is 36.8. The Hall–Kier alpha value is -4.13. The summed E-state index contributed by atoms with van der Waals surface area (Å²) in [5.74, 6) is -0.604. The van der Waals surface area contributed by atoms with E-state index in [9.17, 15) is 14.4 Å². The summed E-state index contributed by atoms with van der Waals surface area (Å²) >= 11 is 2.06. The summed E-state index contributed by atoms with van der Waals surface area (Å²) < 4.78 is 17.6. The van der Waals surface area contributed by atoms with Crippen LogP contribution in [0.2, 0.25) is 0 Å². The van der Waals surface area contributed by atoms with Gasteiger partial charge in [0, 0.05) is 11.4 Å². The highest BCUT2D eigenvalue weighted by Gasteiger charge is 2.15. The summed E-state index contributed by atoms with van der Waals surface area (Å²) in [7, 11) is 0. The van der Waals surface area contributed by atoms with Crippen molar-refractivity contribution in [2.75, 3.05) is 30.5 Å². The molecule has 0 spiro atoms. The summed E-state index contributed by atoms with van der Waals surface area (Å²) in [5.41, 5.74) is 5.02. The topological polar surface area (TPSA) is 127 Å². The number of amides is 3. The van der Waals surface area contributed by atoms with E-state index >= 15 is 0 Å². The van der Waals surface area contributed by atoms with E-state index in [0.29, 0.717) is 51.0 Å². The Balaban J connectivity index is 1.56. The van der Waals surface area contributed by atoms with Gasteiger partial charge in [-0.15, -0.1) is 0 Å². The highest BCUT2D eigenvalue weighted by Crippen LogP contribution is 2.34. The van der Waals surface area contributed by atoms with Crippen molar-refractivity contribution < 1.29 is 28.6 Å². The number of nitrogens with zero attached hydrogens (tertiary/aromatic N) is 1. The number of hydrazone groups is 1. The van der Waals surface area contributed by atoms with Gasteiger partial charge in [-0.2, -0.15) is 5.10 Å². The van der Waals surface area contributed by atoms with Crippen LogP contribution in [-0.4, -0.2) is 43.8 Å². The predicted molar refractivity (Wildman–Crippen MR) is 162 cm³/mol. The standard InChI is InChI=1S/C29H31IN4O6/c1-4-14-39-23-12-10-22(11-13-23)33-28(36)29(37)34-31-17-20-15-24(30)27(25(16-20)38-5-2)40-18-26(35)32-21-8-6-19(3)7-9-21/h6-13,15-17H,4-5,14,18H2,1-3H3,(H,32,35)(H,33,36)(H,34,37)/b31-17-. The number of aryl methyl sites for hydroxylation is 1. The van der Waals surface area contributed by atoms with Crippen molar-refractivity contribution >= 4 is 57.9 Å². The molecule has 3 rings (SSSR count). The number of nitrogens with one attached hydrogen (secondary N) is 3. The molecule has 0 radical (unpaired) electrons. The van der Waals surface area contributed by atoms with E-state index < -0.39 is 11.8 Å². The van der Waals surface area contributed by atoms with Gasteiger partial charge >= 0.3 is 11.8 Å². The molecular weight excluding hydrogens is 627 g/mol. The Morgan fingerprint density at radius 1 is 0.875 bits per heavy atom. The molecule has 10 nitrogen and oxygen atoms in total. The van der Waals surface area contributed by atoms with Gasteiger partial charge in [0.25, 0.3) is 5.91 Å². The quantitative estimate of drug-likeness (QED) is 0.110. The predicted octanol–water partition coefficient (Wildman–Crippen LogP) is 4.89. The molecule has 0 aliphatic rings. The van der Waals surface area contributed by atoms with Gasteiger partial charge in [0.05, 0.1) is 23.0 Å². The van der Waals surface area contributed by atoms with Crippen molar-refractivity contribution in [2.45, 2.75) is 27.2 Å². The minimum absolute atomic E-state index is 0.211. The maximum atomic E-state index is 12.4. The number of hydrogen-bond donors (Lipinski definition) is 3. The van der Waals surface area contributed by atoms with Gasteiger partial charge < -0.3 is 24.8 Å². The Kier molecular flexibility index (Phi) is 11.8. The van der Waals surface area contributed by atoms with Crippen LogP contribution >= 0.6 is 22.6 Å². The number of anilines is 2. The van der Waals surface area contributed by atoms with Crippen molar-refractivity contribution in [3.05, 3.63) is 75.4 Å². The van der Waals surface area contributed by atoms with Crippen LogP contribution in [-0.2, 0) is 14.4 Å². The van der Waals surface area contributed by atoms with Gasteiger partial charge in [0.15, 0.2) is 18.1 Å². The molecule has 3 N–H and O–H groups in total. The number of ether oxygens (including phenoxy) is 3.